The molecule has 1 heterocycles. The van der Waals surface area contributed by atoms with Crippen LogP contribution in [0.5, 0.6) is 0 Å². The van der Waals surface area contributed by atoms with Gasteiger partial charge in [0.15, 0.2) is 0 Å². The van der Waals surface area contributed by atoms with Crippen molar-refractivity contribution in [3.63, 3.8) is 0 Å². The molecule has 0 aliphatic carbocycles. The first-order valence-electron chi connectivity index (χ1n) is 6.78. The van der Waals surface area contributed by atoms with Gasteiger partial charge in [-0.25, -0.2) is 9.59 Å². The molecule has 0 aromatic rings. The molecule has 1 rings (SSSR count). The minimum atomic E-state index is -0.989. The SMILES string of the molecule is CCC(C)C(NC(=O)N1C[C@@H](C)O[C@@H](C)C1)C(=O)O. The Labute approximate surface area is 114 Å². The number of urea groups is 1. The number of carboxylic acid groups (broad SMARTS) is 1. The standard InChI is InChI=1S/C13H24N2O4/c1-5-8(2)11(12(16)17)14-13(18)15-6-9(3)19-10(4)7-15/h8-11H,5-7H2,1-4H3,(H,14,18)(H,16,17)/t8?,9-,10+,11?. The van der Waals surface area contributed by atoms with E-state index < -0.39 is 12.0 Å². The summed E-state index contributed by atoms with van der Waals surface area (Å²) < 4.78 is 5.55. The van der Waals surface area contributed by atoms with E-state index in [9.17, 15) is 9.59 Å². The minimum Gasteiger partial charge on any atom is -0.480 e. The summed E-state index contributed by atoms with van der Waals surface area (Å²) >= 11 is 0. The van der Waals surface area contributed by atoms with Crippen molar-refractivity contribution in [3.05, 3.63) is 0 Å². The van der Waals surface area contributed by atoms with Crippen LogP contribution in [0, 0.1) is 5.92 Å². The summed E-state index contributed by atoms with van der Waals surface area (Å²) in [6, 6.07) is -1.17. The van der Waals surface area contributed by atoms with Gasteiger partial charge in [0.1, 0.15) is 6.04 Å². The van der Waals surface area contributed by atoms with Gasteiger partial charge in [0.05, 0.1) is 12.2 Å². The Morgan fingerprint density at radius 1 is 1.37 bits per heavy atom. The van der Waals surface area contributed by atoms with Gasteiger partial charge in [0.25, 0.3) is 0 Å². The average Bonchev–Trinajstić information content (AvgIpc) is 2.33. The van der Waals surface area contributed by atoms with E-state index in [-0.39, 0.29) is 24.2 Å². The summed E-state index contributed by atoms with van der Waals surface area (Å²) in [4.78, 5) is 24.9. The molecule has 1 saturated heterocycles. The first kappa shape index (κ1) is 15.8. The van der Waals surface area contributed by atoms with Crippen molar-refractivity contribution in [1.29, 1.82) is 0 Å². The number of amides is 2. The van der Waals surface area contributed by atoms with Crippen molar-refractivity contribution in [3.8, 4) is 0 Å². The van der Waals surface area contributed by atoms with Crippen molar-refractivity contribution in [2.24, 2.45) is 5.92 Å². The van der Waals surface area contributed by atoms with E-state index in [1.807, 2.05) is 27.7 Å². The smallest absolute Gasteiger partial charge is 0.326 e. The fourth-order valence-electron chi connectivity index (χ4n) is 2.25. The molecule has 1 aliphatic rings. The van der Waals surface area contributed by atoms with Crippen LogP contribution in [-0.4, -0.2) is 53.3 Å². The van der Waals surface area contributed by atoms with Gasteiger partial charge >= 0.3 is 12.0 Å². The highest BCUT2D eigenvalue weighted by Gasteiger charge is 2.30. The fraction of sp³-hybridized carbons (Fsp3) is 0.846. The number of rotatable bonds is 4. The molecule has 4 atom stereocenters. The van der Waals surface area contributed by atoms with Gasteiger partial charge in [-0.05, 0) is 19.8 Å². The zero-order valence-corrected chi connectivity index (χ0v) is 12.0. The van der Waals surface area contributed by atoms with Crippen molar-refractivity contribution < 1.29 is 19.4 Å². The molecule has 0 aromatic carbocycles. The second-order valence-corrected chi connectivity index (χ2v) is 5.31. The number of nitrogens with zero attached hydrogens (tertiary/aromatic N) is 1. The Hall–Kier alpha value is -1.30. The zero-order valence-electron chi connectivity index (χ0n) is 12.0. The minimum absolute atomic E-state index is 0.0265. The quantitative estimate of drug-likeness (QED) is 0.808. The number of ether oxygens (including phenoxy) is 1. The summed E-state index contributed by atoms with van der Waals surface area (Å²) in [5, 5.41) is 11.8. The normalized spacial score (nSPS) is 26.6. The Morgan fingerprint density at radius 2 is 1.89 bits per heavy atom. The largest absolute Gasteiger partial charge is 0.480 e. The van der Waals surface area contributed by atoms with Gasteiger partial charge in [-0.1, -0.05) is 20.3 Å². The van der Waals surface area contributed by atoms with E-state index in [1.165, 1.54) is 0 Å². The van der Waals surface area contributed by atoms with E-state index >= 15 is 0 Å². The lowest BCUT2D eigenvalue weighted by molar-refractivity contribution is -0.140. The predicted octanol–water partition coefficient (Wildman–Crippen LogP) is 1.30. The maximum atomic E-state index is 12.1. The molecule has 110 valence electrons. The Morgan fingerprint density at radius 3 is 2.32 bits per heavy atom. The van der Waals surface area contributed by atoms with Gasteiger partial charge in [0, 0.05) is 13.1 Å². The Kier molecular flexibility index (Phi) is 5.60. The number of carbonyl (C=O) groups is 2. The van der Waals surface area contributed by atoms with Crippen LogP contribution in [0.3, 0.4) is 0 Å². The van der Waals surface area contributed by atoms with Gasteiger partial charge in [0.2, 0.25) is 0 Å². The number of hydrogen-bond donors (Lipinski definition) is 2. The number of nitrogens with one attached hydrogen (secondary N) is 1. The molecule has 19 heavy (non-hydrogen) atoms. The summed E-state index contributed by atoms with van der Waals surface area (Å²) in [7, 11) is 0. The third-order valence-electron chi connectivity index (χ3n) is 3.46. The number of aliphatic carboxylic acids is 1. The lowest BCUT2D eigenvalue weighted by Gasteiger charge is -2.36. The molecule has 2 N–H and O–H groups in total. The van der Waals surface area contributed by atoms with Crippen LogP contribution in [0.1, 0.15) is 34.1 Å². The van der Waals surface area contributed by atoms with Crippen molar-refractivity contribution >= 4 is 12.0 Å². The van der Waals surface area contributed by atoms with E-state index in [0.717, 1.165) is 0 Å². The number of morpholine rings is 1. The van der Waals surface area contributed by atoms with Crippen LogP contribution < -0.4 is 5.32 Å². The average molecular weight is 272 g/mol. The lowest BCUT2D eigenvalue weighted by Crippen LogP contribution is -2.55. The third kappa shape index (κ3) is 4.38. The first-order valence-corrected chi connectivity index (χ1v) is 6.78. The molecule has 0 bridgehead atoms. The summed E-state index contributed by atoms with van der Waals surface area (Å²) in [5.74, 6) is -1.09. The maximum absolute atomic E-state index is 12.1. The fourth-order valence-corrected chi connectivity index (χ4v) is 2.25. The number of hydrogen-bond acceptors (Lipinski definition) is 3. The monoisotopic (exact) mass is 272 g/mol. The Bertz CT molecular complexity index is 325. The van der Waals surface area contributed by atoms with E-state index in [0.29, 0.717) is 19.5 Å². The molecule has 2 amide bonds. The molecule has 0 saturated carbocycles. The molecule has 1 aliphatic heterocycles. The predicted molar refractivity (Wildman–Crippen MR) is 71.0 cm³/mol. The van der Waals surface area contributed by atoms with Crippen LogP contribution in [0.4, 0.5) is 4.79 Å². The number of carbonyl (C=O) groups excluding carboxylic acids is 1. The second-order valence-electron chi connectivity index (χ2n) is 5.31. The topological polar surface area (TPSA) is 78.9 Å². The van der Waals surface area contributed by atoms with Crippen molar-refractivity contribution in [1.82, 2.24) is 10.2 Å². The van der Waals surface area contributed by atoms with Crippen LogP contribution >= 0.6 is 0 Å². The molecule has 6 nitrogen and oxygen atoms in total. The maximum Gasteiger partial charge on any atom is 0.326 e. The molecule has 6 heteroatoms. The lowest BCUT2D eigenvalue weighted by atomic mass is 9.99. The molecular weight excluding hydrogens is 248 g/mol. The highest BCUT2D eigenvalue weighted by Crippen LogP contribution is 2.13. The van der Waals surface area contributed by atoms with Crippen molar-refractivity contribution in [2.45, 2.75) is 52.4 Å². The zero-order chi connectivity index (χ0) is 14.6. The van der Waals surface area contributed by atoms with Crippen LogP contribution in [0.2, 0.25) is 0 Å². The highest BCUT2D eigenvalue weighted by atomic mass is 16.5. The highest BCUT2D eigenvalue weighted by molar-refractivity contribution is 5.82. The molecule has 1 fully saturated rings. The summed E-state index contributed by atoms with van der Waals surface area (Å²) in [6.45, 7) is 8.51. The Balaban J connectivity index is 2.63. The summed E-state index contributed by atoms with van der Waals surface area (Å²) in [6.07, 6.45) is 0.649. The van der Waals surface area contributed by atoms with E-state index in [1.54, 1.807) is 4.90 Å². The first-order chi connectivity index (χ1) is 8.85. The molecule has 0 spiro atoms. The van der Waals surface area contributed by atoms with Crippen molar-refractivity contribution in [2.75, 3.05) is 13.1 Å². The van der Waals surface area contributed by atoms with Gasteiger partial charge in [-0.15, -0.1) is 0 Å². The molecule has 0 radical (unpaired) electrons. The molecule has 2 unspecified atom stereocenters. The molecule has 0 aromatic heterocycles. The van der Waals surface area contributed by atoms with E-state index in [4.69, 9.17) is 9.84 Å². The van der Waals surface area contributed by atoms with Gasteiger partial charge in [-0.2, -0.15) is 0 Å². The van der Waals surface area contributed by atoms with Crippen LogP contribution in [0.25, 0.3) is 0 Å². The van der Waals surface area contributed by atoms with Crippen LogP contribution in [0.15, 0.2) is 0 Å². The third-order valence-corrected chi connectivity index (χ3v) is 3.46. The summed E-state index contributed by atoms with van der Waals surface area (Å²) in [5.41, 5.74) is 0. The van der Waals surface area contributed by atoms with Gasteiger partial charge < -0.3 is 20.1 Å². The van der Waals surface area contributed by atoms with E-state index in [2.05, 4.69) is 5.32 Å². The van der Waals surface area contributed by atoms with Gasteiger partial charge in [-0.3, -0.25) is 0 Å². The second kappa shape index (κ2) is 6.75. The van der Waals surface area contributed by atoms with Crippen LogP contribution in [-0.2, 0) is 9.53 Å². The number of carboxylic acids is 1. The molecular formula is C13H24N2O4.